The Hall–Kier alpha value is -1.05. The van der Waals surface area contributed by atoms with E-state index in [1.54, 1.807) is 0 Å². The minimum atomic E-state index is -0.0753. The average molecular weight is 262 g/mol. The summed E-state index contributed by atoms with van der Waals surface area (Å²) in [6, 6.07) is 0. The highest BCUT2D eigenvalue weighted by molar-refractivity contribution is 5.94. The number of hydrogen-bond acceptors (Lipinski definition) is 2. The molecule has 1 aliphatic heterocycles. The molecule has 0 saturated heterocycles. The quantitative estimate of drug-likeness (QED) is 0.658. The van der Waals surface area contributed by atoms with Crippen molar-refractivity contribution in [2.24, 2.45) is 5.92 Å². The lowest BCUT2D eigenvalue weighted by Gasteiger charge is -2.21. The second kappa shape index (κ2) is 6.93. The Labute approximate surface area is 116 Å². The van der Waals surface area contributed by atoms with Crippen molar-refractivity contribution >= 4 is 5.97 Å². The predicted molar refractivity (Wildman–Crippen MR) is 77.6 cm³/mol. The molecule has 0 radical (unpaired) electrons. The van der Waals surface area contributed by atoms with Crippen LogP contribution in [0.5, 0.6) is 0 Å². The zero-order valence-corrected chi connectivity index (χ0v) is 12.3. The minimum absolute atomic E-state index is 0.0753. The van der Waals surface area contributed by atoms with Crippen LogP contribution in [-0.2, 0) is 9.53 Å². The van der Waals surface area contributed by atoms with Crippen molar-refractivity contribution in [3.05, 3.63) is 23.0 Å². The van der Waals surface area contributed by atoms with E-state index < -0.39 is 0 Å². The van der Waals surface area contributed by atoms with Gasteiger partial charge in [-0.1, -0.05) is 52.4 Å². The topological polar surface area (TPSA) is 26.3 Å². The molecular weight excluding hydrogens is 236 g/mol. The molecule has 1 heterocycles. The third-order valence-electron chi connectivity index (χ3n) is 4.22. The van der Waals surface area contributed by atoms with Crippen LogP contribution in [0.25, 0.3) is 0 Å². The van der Waals surface area contributed by atoms with Crippen LogP contribution in [0.4, 0.5) is 0 Å². The lowest BCUT2D eigenvalue weighted by atomic mass is 9.83. The normalized spacial score (nSPS) is 23.3. The van der Waals surface area contributed by atoms with Crippen molar-refractivity contribution in [3.8, 4) is 0 Å². The molecule has 2 aliphatic rings. The van der Waals surface area contributed by atoms with Crippen LogP contribution in [0, 0.1) is 5.92 Å². The fraction of sp³-hybridized carbons (Fsp3) is 0.706. The van der Waals surface area contributed by atoms with Crippen molar-refractivity contribution in [2.45, 2.75) is 71.6 Å². The molecule has 0 spiro atoms. The lowest BCUT2D eigenvalue weighted by molar-refractivity contribution is -0.133. The first-order valence-electron chi connectivity index (χ1n) is 7.91. The van der Waals surface area contributed by atoms with Crippen LogP contribution >= 0.6 is 0 Å². The number of hydrogen-bond donors (Lipinski definition) is 0. The van der Waals surface area contributed by atoms with Crippen LogP contribution < -0.4 is 0 Å². The Bertz CT molecular complexity index is 384. The van der Waals surface area contributed by atoms with E-state index in [1.165, 1.54) is 37.7 Å². The molecule has 0 aromatic carbocycles. The molecule has 0 aromatic rings. The van der Waals surface area contributed by atoms with Crippen LogP contribution in [0.15, 0.2) is 23.0 Å². The second-order valence-electron chi connectivity index (χ2n) is 5.78. The van der Waals surface area contributed by atoms with Crippen LogP contribution in [-0.4, -0.2) is 5.97 Å². The van der Waals surface area contributed by atoms with Crippen LogP contribution in [0.1, 0.15) is 71.6 Å². The Morgan fingerprint density at radius 2 is 1.89 bits per heavy atom. The van der Waals surface area contributed by atoms with Crippen molar-refractivity contribution in [1.82, 2.24) is 0 Å². The summed E-state index contributed by atoms with van der Waals surface area (Å²) < 4.78 is 5.47. The van der Waals surface area contributed by atoms with Gasteiger partial charge in [0, 0.05) is 11.1 Å². The molecule has 19 heavy (non-hydrogen) atoms. The minimum Gasteiger partial charge on any atom is -0.423 e. The largest absolute Gasteiger partial charge is 0.423 e. The Balaban J connectivity index is 2.16. The van der Waals surface area contributed by atoms with E-state index in [1.807, 2.05) is 0 Å². The van der Waals surface area contributed by atoms with Gasteiger partial charge in [0.15, 0.2) is 0 Å². The smallest absolute Gasteiger partial charge is 0.339 e. The van der Waals surface area contributed by atoms with Crippen LogP contribution in [0.3, 0.4) is 0 Å². The van der Waals surface area contributed by atoms with E-state index in [-0.39, 0.29) is 5.97 Å². The molecule has 0 bridgehead atoms. The Morgan fingerprint density at radius 3 is 2.53 bits per heavy atom. The lowest BCUT2D eigenvalue weighted by Crippen LogP contribution is -2.10. The molecule has 1 fully saturated rings. The molecule has 0 aromatic heterocycles. The number of allylic oxidation sites excluding steroid dienone is 2. The third-order valence-corrected chi connectivity index (χ3v) is 4.22. The fourth-order valence-corrected chi connectivity index (χ4v) is 3.26. The molecule has 0 amide bonds. The molecule has 2 nitrogen and oxygen atoms in total. The monoisotopic (exact) mass is 262 g/mol. The van der Waals surface area contributed by atoms with Crippen molar-refractivity contribution in [1.29, 1.82) is 0 Å². The van der Waals surface area contributed by atoms with E-state index in [0.29, 0.717) is 5.92 Å². The summed E-state index contributed by atoms with van der Waals surface area (Å²) in [5, 5.41) is 0. The van der Waals surface area contributed by atoms with Crippen molar-refractivity contribution in [2.75, 3.05) is 0 Å². The van der Waals surface area contributed by atoms with E-state index >= 15 is 0 Å². The number of ether oxygens (including phenoxy) is 1. The summed E-state index contributed by atoms with van der Waals surface area (Å²) in [4.78, 5) is 12.1. The molecule has 106 valence electrons. The van der Waals surface area contributed by atoms with Crippen LogP contribution in [0.2, 0.25) is 0 Å². The standard InChI is InChI=1S/C17H26O2/c1-3-8-14-15(12-13-10-6-5-7-11-13)17(18)19-16(14)9-4-2/h9,13H,3-8,10-12H2,1-2H3/b16-9-. The SMILES string of the molecule is CC/C=C1\OC(=O)C(CC2CCCCC2)=C1CCC. The van der Waals surface area contributed by atoms with E-state index in [9.17, 15) is 4.79 Å². The number of carbonyl (C=O) groups is 1. The van der Waals surface area contributed by atoms with Gasteiger partial charge in [-0.05, 0) is 31.3 Å². The maximum absolute atomic E-state index is 12.1. The van der Waals surface area contributed by atoms with Crippen molar-refractivity contribution < 1.29 is 9.53 Å². The molecule has 0 atom stereocenters. The highest BCUT2D eigenvalue weighted by Crippen LogP contribution is 2.37. The molecule has 0 N–H and O–H groups in total. The highest BCUT2D eigenvalue weighted by atomic mass is 16.5. The summed E-state index contributed by atoms with van der Waals surface area (Å²) in [6.45, 7) is 4.25. The van der Waals surface area contributed by atoms with E-state index in [4.69, 9.17) is 4.74 Å². The zero-order valence-electron chi connectivity index (χ0n) is 12.3. The average Bonchev–Trinajstić information content (AvgIpc) is 2.69. The third kappa shape index (κ3) is 3.49. The second-order valence-corrected chi connectivity index (χ2v) is 5.78. The number of esters is 1. The van der Waals surface area contributed by atoms with Gasteiger partial charge in [0.25, 0.3) is 0 Å². The van der Waals surface area contributed by atoms with Gasteiger partial charge in [-0.2, -0.15) is 0 Å². The van der Waals surface area contributed by atoms with E-state index in [2.05, 4.69) is 19.9 Å². The number of carbonyl (C=O) groups excluding carboxylic acids is 1. The first kappa shape index (κ1) is 14.4. The molecular formula is C17H26O2. The van der Waals surface area contributed by atoms with Gasteiger partial charge in [0.1, 0.15) is 5.76 Å². The van der Waals surface area contributed by atoms with Gasteiger partial charge in [0.05, 0.1) is 0 Å². The van der Waals surface area contributed by atoms with Gasteiger partial charge in [-0.3, -0.25) is 0 Å². The first-order chi connectivity index (χ1) is 9.26. The van der Waals surface area contributed by atoms with E-state index in [0.717, 1.165) is 37.0 Å². The summed E-state index contributed by atoms with van der Waals surface area (Å²) in [5.41, 5.74) is 2.17. The van der Waals surface area contributed by atoms with Gasteiger partial charge < -0.3 is 4.74 Å². The number of cyclic esters (lactones) is 1. The summed E-state index contributed by atoms with van der Waals surface area (Å²) in [7, 11) is 0. The Kier molecular flexibility index (Phi) is 5.24. The first-order valence-corrected chi connectivity index (χ1v) is 7.91. The zero-order chi connectivity index (χ0) is 13.7. The highest BCUT2D eigenvalue weighted by Gasteiger charge is 2.30. The van der Waals surface area contributed by atoms with Gasteiger partial charge in [-0.25, -0.2) is 4.79 Å². The maximum atomic E-state index is 12.1. The molecule has 0 unspecified atom stereocenters. The van der Waals surface area contributed by atoms with Gasteiger partial charge in [0.2, 0.25) is 0 Å². The molecule has 1 saturated carbocycles. The number of rotatable bonds is 5. The van der Waals surface area contributed by atoms with Gasteiger partial charge in [-0.15, -0.1) is 0 Å². The summed E-state index contributed by atoms with van der Waals surface area (Å²) in [5.74, 6) is 1.47. The summed E-state index contributed by atoms with van der Waals surface area (Å²) >= 11 is 0. The predicted octanol–water partition coefficient (Wildman–Crippen LogP) is 4.90. The molecule has 1 aliphatic carbocycles. The Morgan fingerprint density at radius 1 is 1.16 bits per heavy atom. The van der Waals surface area contributed by atoms with Crippen molar-refractivity contribution in [3.63, 3.8) is 0 Å². The maximum Gasteiger partial charge on any atom is 0.339 e. The molecule has 2 heteroatoms. The summed E-state index contributed by atoms with van der Waals surface area (Å²) in [6.07, 6.45) is 12.5. The fourth-order valence-electron chi connectivity index (χ4n) is 3.26. The van der Waals surface area contributed by atoms with Gasteiger partial charge >= 0.3 is 5.97 Å². The molecule has 2 rings (SSSR count).